The van der Waals surface area contributed by atoms with Crippen molar-refractivity contribution in [3.05, 3.63) is 35.4 Å². The number of benzene rings is 1. The lowest BCUT2D eigenvalue weighted by atomic mass is 10.1. The maximum atomic E-state index is 12.1. The summed E-state index contributed by atoms with van der Waals surface area (Å²) in [5.74, 6) is -0.720. The topological polar surface area (TPSA) is 41.6 Å². The number of rotatable bonds is 4. The molecule has 128 valence electrons. The molecule has 1 aromatic carbocycles. The fourth-order valence-electron chi connectivity index (χ4n) is 2.72. The van der Waals surface area contributed by atoms with E-state index in [4.69, 9.17) is 4.74 Å². The van der Waals surface area contributed by atoms with E-state index in [0.29, 0.717) is 0 Å². The molecule has 1 saturated heterocycles. The fraction of sp³-hybridized carbons (Fsp3) is 0.562. The Morgan fingerprint density at radius 3 is 2.30 bits per heavy atom. The normalized spacial score (nSPS) is 22.8. The highest BCUT2D eigenvalue weighted by Crippen LogP contribution is 2.15. The van der Waals surface area contributed by atoms with Gasteiger partial charge < -0.3 is 10.1 Å². The van der Waals surface area contributed by atoms with Crippen molar-refractivity contribution in [3.63, 3.8) is 0 Å². The molecule has 7 heteroatoms. The predicted octanol–water partition coefficient (Wildman–Crippen LogP) is 2.59. The van der Waals surface area contributed by atoms with Gasteiger partial charge in [0, 0.05) is 25.2 Å². The highest BCUT2D eigenvalue weighted by Gasteiger charge is 2.28. The molecule has 0 aromatic heterocycles. The molecule has 0 unspecified atom stereocenters. The minimum absolute atomic E-state index is 0.172. The number of nitrogens with zero attached hydrogens (tertiary/aromatic N) is 1. The van der Waals surface area contributed by atoms with Gasteiger partial charge in [0.05, 0.1) is 12.2 Å². The third kappa shape index (κ3) is 5.84. The molecule has 1 aliphatic heterocycles. The molecule has 23 heavy (non-hydrogen) atoms. The lowest BCUT2D eigenvalue weighted by molar-refractivity contribution is -0.123. The lowest BCUT2D eigenvalue weighted by Gasteiger charge is -2.35. The van der Waals surface area contributed by atoms with Gasteiger partial charge in [0.25, 0.3) is 5.91 Å². The van der Waals surface area contributed by atoms with Crippen LogP contribution in [0.4, 0.5) is 13.2 Å². The van der Waals surface area contributed by atoms with Gasteiger partial charge in [-0.2, -0.15) is 13.2 Å². The van der Waals surface area contributed by atoms with Crippen LogP contribution < -0.4 is 5.32 Å². The monoisotopic (exact) mass is 330 g/mol. The van der Waals surface area contributed by atoms with Crippen molar-refractivity contribution < 1.29 is 22.7 Å². The quantitative estimate of drug-likeness (QED) is 0.923. The predicted molar refractivity (Wildman–Crippen MR) is 80.1 cm³/mol. The molecule has 0 aliphatic carbocycles. The number of carbonyl (C=O) groups excluding carboxylic acids is 1. The first kappa shape index (κ1) is 17.7. The van der Waals surface area contributed by atoms with Crippen LogP contribution in [0.1, 0.15) is 29.8 Å². The summed E-state index contributed by atoms with van der Waals surface area (Å²) in [4.78, 5) is 13.9. The first-order valence-electron chi connectivity index (χ1n) is 7.54. The summed E-state index contributed by atoms with van der Waals surface area (Å²) in [7, 11) is 0. The van der Waals surface area contributed by atoms with Gasteiger partial charge in [-0.25, -0.2) is 0 Å². The number of nitrogens with one attached hydrogen (secondary N) is 1. The van der Waals surface area contributed by atoms with E-state index in [-0.39, 0.29) is 17.8 Å². The summed E-state index contributed by atoms with van der Waals surface area (Å²) in [6, 6.07) is 6.64. The van der Waals surface area contributed by atoms with Crippen LogP contribution in [-0.4, -0.2) is 48.8 Å². The largest absolute Gasteiger partial charge is 0.405 e. The molecule has 0 radical (unpaired) electrons. The zero-order valence-corrected chi connectivity index (χ0v) is 13.2. The molecule has 0 bridgehead atoms. The molecule has 0 saturated carbocycles. The Labute approximate surface area is 133 Å². The minimum atomic E-state index is -4.40. The average molecular weight is 330 g/mol. The van der Waals surface area contributed by atoms with Crippen molar-refractivity contribution in [3.8, 4) is 0 Å². The molecule has 2 atom stereocenters. The van der Waals surface area contributed by atoms with Gasteiger partial charge in [-0.1, -0.05) is 12.1 Å². The number of hydrogen-bond donors (Lipinski definition) is 1. The van der Waals surface area contributed by atoms with Crippen molar-refractivity contribution in [2.75, 3.05) is 19.6 Å². The van der Waals surface area contributed by atoms with Crippen molar-refractivity contribution in [1.29, 1.82) is 0 Å². The van der Waals surface area contributed by atoms with E-state index in [1.54, 1.807) is 24.3 Å². The second kappa shape index (κ2) is 7.31. The first-order valence-corrected chi connectivity index (χ1v) is 7.54. The highest BCUT2D eigenvalue weighted by molar-refractivity contribution is 5.94. The van der Waals surface area contributed by atoms with Crippen LogP contribution in [-0.2, 0) is 11.3 Å². The van der Waals surface area contributed by atoms with Crippen LogP contribution >= 0.6 is 0 Å². The highest BCUT2D eigenvalue weighted by atomic mass is 19.4. The van der Waals surface area contributed by atoms with Crippen LogP contribution in [0.25, 0.3) is 0 Å². The maximum absolute atomic E-state index is 12.1. The Morgan fingerprint density at radius 2 is 1.78 bits per heavy atom. The minimum Gasteiger partial charge on any atom is -0.373 e. The molecule has 1 amide bonds. The van der Waals surface area contributed by atoms with Crippen LogP contribution in [0.3, 0.4) is 0 Å². The van der Waals surface area contributed by atoms with Gasteiger partial charge in [-0.15, -0.1) is 0 Å². The molecule has 4 nitrogen and oxygen atoms in total. The molecule has 2 rings (SSSR count). The number of ether oxygens (including phenoxy) is 1. The second-order valence-corrected chi connectivity index (χ2v) is 5.95. The third-order valence-corrected chi connectivity index (χ3v) is 3.57. The van der Waals surface area contributed by atoms with Gasteiger partial charge in [-0.05, 0) is 31.5 Å². The van der Waals surface area contributed by atoms with E-state index in [9.17, 15) is 18.0 Å². The number of alkyl halides is 3. The molecule has 1 aliphatic rings. The van der Waals surface area contributed by atoms with E-state index in [1.807, 2.05) is 19.2 Å². The molecular weight excluding hydrogens is 309 g/mol. The molecule has 1 heterocycles. The van der Waals surface area contributed by atoms with E-state index >= 15 is 0 Å². The zero-order valence-electron chi connectivity index (χ0n) is 13.2. The Hall–Kier alpha value is -1.60. The van der Waals surface area contributed by atoms with Crippen LogP contribution in [0.5, 0.6) is 0 Å². The van der Waals surface area contributed by atoms with Crippen LogP contribution in [0.2, 0.25) is 0 Å². The fourth-order valence-corrected chi connectivity index (χ4v) is 2.72. The van der Waals surface area contributed by atoms with E-state index in [0.717, 1.165) is 25.2 Å². The lowest BCUT2D eigenvalue weighted by Crippen LogP contribution is -2.44. The molecule has 0 spiro atoms. The van der Waals surface area contributed by atoms with Crippen LogP contribution in [0, 0.1) is 0 Å². The standard InChI is InChI=1S/C16H21F3N2O2/c1-11-7-21(8-12(2)23-11)9-13-3-5-14(6-4-13)15(22)20-10-16(17,18)19/h3-6,11-12H,7-10H2,1-2H3,(H,20,22)/t11-,12-/m0/s1. The first-order chi connectivity index (χ1) is 10.7. The van der Waals surface area contributed by atoms with Gasteiger partial charge in [-0.3, -0.25) is 9.69 Å². The van der Waals surface area contributed by atoms with Gasteiger partial charge in [0.2, 0.25) is 0 Å². The average Bonchev–Trinajstić information content (AvgIpc) is 2.43. The Bertz CT molecular complexity index is 521. The molecular formula is C16H21F3N2O2. The number of carbonyl (C=O) groups is 1. The Balaban J connectivity index is 1.90. The smallest absolute Gasteiger partial charge is 0.373 e. The van der Waals surface area contributed by atoms with Gasteiger partial charge in [0.1, 0.15) is 6.54 Å². The van der Waals surface area contributed by atoms with Crippen molar-refractivity contribution >= 4 is 5.91 Å². The summed E-state index contributed by atoms with van der Waals surface area (Å²) >= 11 is 0. The molecule has 1 aromatic rings. The molecule has 1 fully saturated rings. The summed E-state index contributed by atoms with van der Waals surface area (Å²) in [6.45, 7) is 5.11. The second-order valence-electron chi connectivity index (χ2n) is 5.95. The van der Waals surface area contributed by atoms with Gasteiger partial charge in [0.15, 0.2) is 0 Å². The number of hydrogen-bond acceptors (Lipinski definition) is 3. The number of halogens is 3. The SMILES string of the molecule is C[C@H]1CN(Cc2ccc(C(=O)NCC(F)(F)F)cc2)C[C@H](C)O1. The van der Waals surface area contributed by atoms with Crippen molar-refractivity contribution in [2.24, 2.45) is 0 Å². The number of amides is 1. The summed E-state index contributed by atoms with van der Waals surface area (Å²) in [5.41, 5.74) is 1.24. The van der Waals surface area contributed by atoms with Crippen molar-refractivity contribution in [1.82, 2.24) is 10.2 Å². The van der Waals surface area contributed by atoms with Crippen molar-refractivity contribution in [2.45, 2.75) is 38.8 Å². The third-order valence-electron chi connectivity index (χ3n) is 3.57. The number of morpholine rings is 1. The molecule has 1 N–H and O–H groups in total. The van der Waals surface area contributed by atoms with E-state index in [2.05, 4.69) is 4.90 Å². The summed E-state index contributed by atoms with van der Waals surface area (Å²) in [6.07, 6.45) is -4.06. The Morgan fingerprint density at radius 1 is 1.22 bits per heavy atom. The Kier molecular flexibility index (Phi) is 5.64. The van der Waals surface area contributed by atoms with E-state index < -0.39 is 18.6 Å². The van der Waals surface area contributed by atoms with Crippen LogP contribution in [0.15, 0.2) is 24.3 Å². The van der Waals surface area contributed by atoms with Gasteiger partial charge >= 0.3 is 6.18 Å². The summed E-state index contributed by atoms with van der Waals surface area (Å²) < 4.78 is 41.9. The van der Waals surface area contributed by atoms with E-state index in [1.165, 1.54) is 0 Å². The zero-order chi connectivity index (χ0) is 17.0. The summed E-state index contributed by atoms with van der Waals surface area (Å²) in [5, 5.41) is 1.86. The maximum Gasteiger partial charge on any atom is 0.405 e.